The van der Waals surface area contributed by atoms with E-state index < -0.39 is 0 Å². The first-order valence-electron chi connectivity index (χ1n) is 8.77. The molecular formula is C16H27N3O4S. The van der Waals surface area contributed by atoms with Crippen LogP contribution in [0.5, 0.6) is 0 Å². The standard InChI is InChI=1S/C16H27N3O4S/c1-2-3-4-9-14(21)23-19-13(20)8-6-5-7-12-15-11(10-24-12)17-16(22)18-15/h11-12,15H,2-10H2,1H3,(H,19,20)(H2,17,18,22)/t11-,12-,15-/m0/s1. The normalized spacial score (nSPS) is 24.9. The molecule has 0 aromatic rings. The summed E-state index contributed by atoms with van der Waals surface area (Å²) in [5.41, 5.74) is 2.22. The predicted molar refractivity (Wildman–Crippen MR) is 92.3 cm³/mol. The van der Waals surface area contributed by atoms with E-state index in [1.54, 1.807) is 0 Å². The number of unbranched alkanes of at least 4 members (excludes halogenated alkanes) is 3. The second kappa shape index (κ2) is 9.76. The Bertz CT molecular complexity index is 461. The minimum atomic E-state index is -0.380. The molecule has 0 aromatic heterocycles. The van der Waals surface area contributed by atoms with Gasteiger partial charge in [0.25, 0.3) is 5.91 Å². The molecule has 0 aromatic carbocycles. The zero-order valence-electron chi connectivity index (χ0n) is 14.1. The lowest BCUT2D eigenvalue weighted by molar-refractivity contribution is -0.158. The fourth-order valence-electron chi connectivity index (χ4n) is 3.01. The second-order valence-electron chi connectivity index (χ2n) is 6.32. The molecule has 0 radical (unpaired) electrons. The van der Waals surface area contributed by atoms with E-state index in [4.69, 9.17) is 4.84 Å². The van der Waals surface area contributed by atoms with Crippen LogP contribution in [0.2, 0.25) is 0 Å². The molecule has 0 aliphatic carbocycles. The third-order valence-corrected chi connectivity index (χ3v) is 5.85. The monoisotopic (exact) mass is 357 g/mol. The molecule has 136 valence electrons. The van der Waals surface area contributed by atoms with Gasteiger partial charge in [-0.2, -0.15) is 17.2 Å². The minimum absolute atomic E-state index is 0.0737. The van der Waals surface area contributed by atoms with Gasteiger partial charge < -0.3 is 15.5 Å². The van der Waals surface area contributed by atoms with Gasteiger partial charge in [-0.25, -0.2) is 9.59 Å². The molecule has 2 fully saturated rings. The number of nitrogens with one attached hydrogen (secondary N) is 3. The summed E-state index contributed by atoms with van der Waals surface area (Å²) >= 11 is 1.87. The van der Waals surface area contributed by atoms with E-state index in [1.807, 2.05) is 11.8 Å². The van der Waals surface area contributed by atoms with Crippen LogP contribution in [-0.2, 0) is 14.4 Å². The van der Waals surface area contributed by atoms with Gasteiger partial charge in [0.2, 0.25) is 0 Å². The van der Waals surface area contributed by atoms with Crippen LogP contribution in [0.1, 0.15) is 58.3 Å². The highest BCUT2D eigenvalue weighted by molar-refractivity contribution is 8.00. The zero-order chi connectivity index (χ0) is 17.4. The summed E-state index contributed by atoms with van der Waals surface area (Å²) in [5.74, 6) is 0.309. The Morgan fingerprint density at radius 2 is 2.00 bits per heavy atom. The molecule has 0 spiro atoms. The summed E-state index contributed by atoms with van der Waals surface area (Å²) in [5, 5.41) is 6.29. The van der Waals surface area contributed by atoms with E-state index in [1.165, 1.54) is 0 Å². The Balaban J connectivity index is 1.50. The Kier molecular flexibility index (Phi) is 7.68. The van der Waals surface area contributed by atoms with Gasteiger partial charge in [-0.05, 0) is 19.3 Å². The van der Waals surface area contributed by atoms with Crippen LogP contribution in [0.4, 0.5) is 4.79 Å². The van der Waals surface area contributed by atoms with Crippen LogP contribution in [-0.4, -0.2) is 41.0 Å². The fraction of sp³-hybridized carbons (Fsp3) is 0.812. The topological polar surface area (TPSA) is 96.5 Å². The highest BCUT2D eigenvalue weighted by Gasteiger charge is 2.42. The first-order chi connectivity index (χ1) is 11.6. The fourth-order valence-corrected chi connectivity index (χ4v) is 4.55. The van der Waals surface area contributed by atoms with Crippen molar-refractivity contribution in [3.8, 4) is 0 Å². The number of urea groups is 1. The van der Waals surface area contributed by atoms with Gasteiger partial charge in [0, 0.05) is 23.8 Å². The summed E-state index contributed by atoms with van der Waals surface area (Å²) in [6, 6.07) is 0.374. The highest BCUT2D eigenvalue weighted by Crippen LogP contribution is 2.33. The lowest BCUT2D eigenvalue weighted by Gasteiger charge is -2.16. The van der Waals surface area contributed by atoms with Crippen molar-refractivity contribution in [1.82, 2.24) is 16.1 Å². The molecule has 0 saturated carbocycles. The maximum Gasteiger partial charge on any atom is 0.332 e. The first-order valence-corrected chi connectivity index (χ1v) is 9.82. The van der Waals surface area contributed by atoms with E-state index >= 15 is 0 Å². The van der Waals surface area contributed by atoms with Crippen LogP contribution in [0.3, 0.4) is 0 Å². The number of carbonyl (C=O) groups excluding carboxylic acids is 3. The smallest absolute Gasteiger partial charge is 0.332 e. The number of amides is 3. The maximum atomic E-state index is 11.6. The van der Waals surface area contributed by atoms with Gasteiger partial charge in [0.1, 0.15) is 0 Å². The average Bonchev–Trinajstić information content (AvgIpc) is 3.09. The van der Waals surface area contributed by atoms with Crippen molar-refractivity contribution in [2.24, 2.45) is 0 Å². The molecule has 2 heterocycles. The van der Waals surface area contributed by atoms with Crippen LogP contribution >= 0.6 is 11.8 Å². The van der Waals surface area contributed by atoms with Crippen molar-refractivity contribution < 1.29 is 19.2 Å². The molecule has 24 heavy (non-hydrogen) atoms. The Morgan fingerprint density at radius 1 is 1.21 bits per heavy atom. The number of thioether (sulfide) groups is 1. The van der Waals surface area contributed by atoms with E-state index in [9.17, 15) is 14.4 Å². The molecule has 3 amide bonds. The van der Waals surface area contributed by atoms with Gasteiger partial charge in [-0.15, -0.1) is 0 Å². The van der Waals surface area contributed by atoms with Crippen LogP contribution in [0.15, 0.2) is 0 Å². The molecular weight excluding hydrogens is 330 g/mol. The average molecular weight is 357 g/mol. The van der Waals surface area contributed by atoms with Gasteiger partial charge in [0.05, 0.1) is 12.1 Å². The molecule has 0 bridgehead atoms. The molecule has 0 unspecified atom stereocenters. The number of carbonyl (C=O) groups is 3. The Hall–Kier alpha value is -1.44. The van der Waals surface area contributed by atoms with Crippen LogP contribution in [0.25, 0.3) is 0 Å². The number of hydroxylamine groups is 1. The summed E-state index contributed by atoms with van der Waals surface area (Å²) in [4.78, 5) is 39.1. The molecule has 2 rings (SSSR count). The zero-order valence-corrected chi connectivity index (χ0v) is 15.0. The van der Waals surface area contributed by atoms with Gasteiger partial charge in [-0.3, -0.25) is 4.79 Å². The Labute approximate surface area is 147 Å². The van der Waals surface area contributed by atoms with Gasteiger partial charge in [0.15, 0.2) is 0 Å². The van der Waals surface area contributed by atoms with Crippen molar-refractivity contribution in [1.29, 1.82) is 0 Å². The van der Waals surface area contributed by atoms with Crippen molar-refractivity contribution in [2.75, 3.05) is 5.75 Å². The molecule has 8 heteroatoms. The number of hydrogen-bond donors (Lipinski definition) is 3. The van der Waals surface area contributed by atoms with Gasteiger partial charge in [-0.1, -0.05) is 26.2 Å². The first kappa shape index (κ1) is 18.9. The van der Waals surface area contributed by atoms with Crippen molar-refractivity contribution in [3.05, 3.63) is 0 Å². The van der Waals surface area contributed by atoms with Crippen LogP contribution < -0.4 is 16.1 Å². The minimum Gasteiger partial charge on any atom is -0.341 e. The third-order valence-electron chi connectivity index (χ3n) is 4.34. The molecule has 3 atom stereocenters. The van der Waals surface area contributed by atoms with E-state index in [2.05, 4.69) is 23.0 Å². The number of fused-ring (bicyclic) bond motifs is 1. The second-order valence-corrected chi connectivity index (χ2v) is 7.60. The summed E-state index contributed by atoms with van der Waals surface area (Å²) < 4.78 is 0. The highest BCUT2D eigenvalue weighted by atomic mass is 32.2. The largest absolute Gasteiger partial charge is 0.341 e. The third kappa shape index (κ3) is 5.89. The Morgan fingerprint density at radius 3 is 2.79 bits per heavy atom. The molecule has 7 nitrogen and oxygen atoms in total. The lowest BCUT2D eigenvalue weighted by atomic mass is 10.0. The van der Waals surface area contributed by atoms with E-state index in [0.29, 0.717) is 18.1 Å². The molecule has 2 saturated heterocycles. The lowest BCUT2D eigenvalue weighted by Crippen LogP contribution is -2.36. The molecule has 2 aliphatic rings. The number of rotatable bonds is 9. The summed E-state index contributed by atoms with van der Waals surface area (Å²) in [6.07, 6.45) is 6.13. The predicted octanol–water partition coefficient (Wildman–Crippen LogP) is 1.87. The summed E-state index contributed by atoms with van der Waals surface area (Å²) in [7, 11) is 0. The van der Waals surface area contributed by atoms with E-state index in [0.717, 1.165) is 44.3 Å². The van der Waals surface area contributed by atoms with Crippen molar-refractivity contribution in [3.63, 3.8) is 0 Å². The quantitative estimate of drug-likeness (QED) is 0.332. The number of hydrogen-bond acceptors (Lipinski definition) is 5. The molecule has 2 aliphatic heterocycles. The summed E-state index contributed by atoms with van der Waals surface area (Å²) in [6.45, 7) is 2.06. The maximum absolute atomic E-state index is 11.6. The van der Waals surface area contributed by atoms with Gasteiger partial charge >= 0.3 is 12.0 Å². The van der Waals surface area contributed by atoms with Crippen LogP contribution in [0, 0.1) is 0 Å². The molecule has 3 N–H and O–H groups in total. The van der Waals surface area contributed by atoms with Crippen molar-refractivity contribution >= 4 is 29.7 Å². The SMILES string of the molecule is CCCCCC(=O)ONC(=O)CCCC[C@@H]1SC[C@@H]2NC(=O)N[C@@H]21. The van der Waals surface area contributed by atoms with Crippen molar-refractivity contribution in [2.45, 2.75) is 75.6 Å². The van der Waals surface area contributed by atoms with E-state index in [-0.39, 0.29) is 30.0 Å².